The second-order valence-electron chi connectivity index (χ2n) is 4.99. The third-order valence-corrected chi connectivity index (χ3v) is 4.37. The van der Waals surface area contributed by atoms with Gasteiger partial charge in [0.1, 0.15) is 0 Å². The summed E-state index contributed by atoms with van der Waals surface area (Å²) in [6.45, 7) is 4.29. The first-order valence-electron chi connectivity index (χ1n) is 6.59. The SMILES string of the molecule is CCC(CC)CC(CO)(CO)c1cccc(Br)c1. The first kappa shape index (κ1) is 15.7. The minimum Gasteiger partial charge on any atom is -0.395 e. The molecule has 0 saturated carbocycles. The summed E-state index contributed by atoms with van der Waals surface area (Å²) in [4.78, 5) is 0. The molecule has 18 heavy (non-hydrogen) atoms. The topological polar surface area (TPSA) is 40.5 Å². The van der Waals surface area contributed by atoms with E-state index in [0.717, 1.165) is 29.3 Å². The Bertz CT molecular complexity index is 357. The van der Waals surface area contributed by atoms with Crippen LogP contribution in [-0.4, -0.2) is 23.4 Å². The smallest absolute Gasteiger partial charge is 0.0550 e. The molecule has 2 nitrogen and oxygen atoms in total. The molecule has 1 aromatic carbocycles. The second-order valence-corrected chi connectivity index (χ2v) is 5.91. The zero-order chi connectivity index (χ0) is 13.6. The Morgan fingerprint density at radius 2 is 1.78 bits per heavy atom. The van der Waals surface area contributed by atoms with E-state index < -0.39 is 5.41 Å². The van der Waals surface area contributed by atoms with E-state index in [2.05, 4.69) is 29.8 Å². The minimum atomic E-state index is -0.527. The molecule has 0 atom stereocenters. The molecular weight excluding hydrogens is 292 g/mol. The number of halogens is 1. The van der Waals surface area contributed by atoms with Crippen molar-refractivity contribution in [2.45, 2.75) is 38.5 Å². The second kappa shape index (κ2) is 7.27. The summed E-state index contributed by atoms with van der Waals surface area (Å²) in [5, 5.41) is 19.6. The zero-order valence-electron chi connectivity index (χ0n) is 11.2. The van der Waals surface area contributed by atoms with E-state index in [1.54, 1.807) is 0 Å². The van der Waals surface area contributed by atoms with Crippen LogP contribution in [0.5, 0.6) is 0 Å². The maximum absolute atomic E-state index is 9.79. The molecule has 0 saturated heterocycles. The van der Waals surface area contributed by atoms with Gasteiger partial charge in [0.2, 0.25) is 0 Å². The Balaban J connectivity index is 3.06. The first-order valence-corrected chi connectivity index (χ1v) is 7.39. The van der Waals surface area contributed by atoms with Crippen LogP contribution in [-0.2, 0) is 5.41 Å². The highest BCUT2D eigenvalue weighted by Crippen LogP contribution is 2.34. The predicted molar refractivity (Wildman–Crippen MR) is 78.7 cm³/mol. The van der Waals surface area contributed by atoms with Gasteiger partial charge in [0.05, 0.1) is 13.2 Å². The van der Waals surface area contributed by atoms with Gasteiger partial charge in [-0.05, 0) is 30.0 Å². The number of aliphatic hydroxyl groups is 2. The van der Waals surface area contributed by atoms with Gasteiger partial charge < -0.3 is 10.2 Å². The first-order chi connectivity index (χ1) is 8.61. The van der Waals surface area contributed by atoms with Gasteiger partial charge in [-0.3, -0.25) is 0 Å². The number of aliphatic hydroxyl groups excluding tert-OH is 2. The molecule has 0 aliphatic carbocycles. The van der Waals surface area contributed by atoms with Crippen LogP contribution >= 0.6 is 15.9 Å². The van der Waals surface area contributed by atoms with Crippen molar-refractivity contribution >= 4 is 15.9 Å². The quantitative estimate of drug-likeness (QED) is 0.808. The van der Waals surface area contributed by atoms with E-state index in [9.17, 15) is 10.2 Å². The van der Waals surface area contributed by atoms with Crippen LogP contribution in [0.3, 0.4) is 0 Å². The highest BCUT2D eigenvalue weighted by atomic mass is 79.9. The summed E-state index contributed by atoms with van der Waals surface area (Å²) in [6, 6.07) is 7.89. The van der Waals surface area contributed by atoms with Gasteiger partial charge in [-0.2, -0.15) is 0 Å². The van der Waals surface area contributed by atoms with Gasteiger partial charge in [0, 0.05) is 9.89 Å². The molecule has 102 valence electrons. The van der Waals surface area contributed by atoms with Crippen LogP contribution in [0.2, 0.25) is 0 Å². The van der Waals surface area contributed by atoms with Crippen molar-refractivity contribution in [3.05, 3.63) is 34.3 Å². The zero-order valence-corrected chi connectivity index (χ0v) is 12.8. The Morgan fingerprint density at radius 1 is 1.17 bits per heavy atom. The Hall–Kier alpha value is -0.380. The number of rotatable bonds is 7. The molecule has 3 heteroatoms. The maximum Gasteiger partial charge on any atom is 0.0550 e. The lowest BCUT2D eigenvalue weighted by Crippen LogP contribution is -2.37. The van der Waals surface area contributed by atoms with Gasteiger partial charge in [-0.15, -0.1) is 0 Å². The third kappa shape index (κ3) is 3.56. The maximum atomic E-state index is 9.79. The Morgan fingerprint density at radius 3 is 2.22 bits per heavy atom. The lowest BCUT2D eigenvalue weighted by Gasteiger charge is -2.34. The molecule has 1 aromatic rings. The third-order valence-electron chi connectivity index (χ3n) is 3.88. The van der Waals surface area contributed by atoms with Crippen molar-refractivity contribution in [1.82, 2.24) is 0 Å². The van der Waals surface area contributed by atoms with Gasteiger partial charge in [0.25, 0.3) is 0 Å². The molecular formula is C15H23BrO2. The standard InChI is InChI=1S/C15H23BrO2/c1-3-12(4-2)9-15(10-17,11-18)13-6-5-7-14(16)8-13/h5-8,12,17-18H,3-4,9-11H2,1-2H3. The average molecular weight is 315 g/mol. The van der Waals surface area contributed by atoms with Crippen LogP contribution in [0, 0.1) is 5.92 Å². The van der Waals surface area contributed by atoms with Crippen molar-refractivity contribution < 1.29 is 10.2 Å². The highest BCUT2D eigenvalue weighted by molar-refractivity contribution is 9.10. The number of hydrogen-bond acceptors (Lipinski definition) is 2. The number of hydrogen-bond donors (Lipinski definition) is 2. The van der Waals surface area contributed by atoms with Crippen LogP contribution < -0.4 is 0 Å². The Kier molecular flexibility index (Phi) is 6.33. The summed E-state index contributed by atoms with van der Waals surface area (Å²) >= 11 is 3.45. The molecule has 0 aromatic heterocycles. The average Bonchev–Trinajstić information content (AvgIpc) is 2.41. The molecule has 0 aliphatic heterocycles. The molecule has 0 heterocycles. The molecule has 1 rings (SSSR count). The fourth-order valence-electron chi connectivity index (χ4n) is 2.43. The fourth-order valence-corrected chi connectivity index (χ4v) is 2.83. The van der Waals surface area contributed by atoms with Gasteiger partial charge in [-0.1, -0.05) is 54.8 Å². The van der Waals surface area contributed by atoms with Crippen molar-refractivity contribution in [2.24, 2.45) is 5.92 Å². The predicted octanol–water partition coefficient (Wildman–Crippen LogP) is 3.50. The van der Waals surface area contributed by atoms with Crippen molar-refractivity contribution in [2.75, 3.05) is 13.2 Å². The summed E-state index contributed by atoms with van der Waals surface area (Å²) in [5.41, 5.74) is 0.481. The van der Waals surface area contributed by atoms with Crippen LogP contribution in [0.15, 0.2) is 28.7 Å². The molecule has 0 bridgehead atoms. The van der Waals surface area contributed by atoms with Gasteiger partial charge in [-0.25, -0.2) is 0 Å². The summed E-state index contributed by atoms with van der Waals surface area (Å²) < 4.78 is 0.982. The van der Waals surface area contributed by atoms with E-state index in [0.29, 0.717) is 5.92 Å². The number of benzene rings is 1. The van der Waals surface area contributed by atoms with E-state index in [4.69, 9.17) is 0 Å². The fraction of sp³-hybridized carbons (Fsp3) is 0.600. The summed E-state index contributed by atoms with van der Waals surface area (Å²) in [6.07, 6.45) is 2.97. The molecule has 0 radical (unpaired) electrons. The molecule has 0 amide bonds. The highest BCUT2D eigenvalue weighted by Gasteiger charge is 2.33. The molecule has 2 N–H and O–H groups in total. The normalized spacial score (nSPS) is 12.1. The lowest BCUT2D eigenvalue weighted by atomic mass is 9.73. The van der Waals surface area contributed by atoms with Gasteiger partial charge in [0.15, 0.2) is 0 Å². The van der Waals surface area contributed by atoms with E-state index in [1.807, 2.05) is 24.3 Å². The van der Waals surface area contributed by atoms with Crippen LogP contribution in [0.1, 0.15) is 38.7 Å². The van der Waals surface area contributed by atoms with Crippen molar-refractivity contribution in [3.8, 4) is 0 Å². The molecule has 0 aliphatic rings. The molecule has 0 fully saturated rings. The summed E-state index contributed by atoms with van der Waals surface area (Å²) in [7, 11) is 0. The van der Waals surface area contributed by atoms with Crippen molar-refractivity contribution in [1.29, 1.82) is 0 Å². The largest absolute Gasteiger partial charge is 0.395 e. The Labute approximate surface area is 118 Å². The van der Waals surface area contributed by atoms with Crippen LogP contribution in [0.4, 0.5) is 0 Å². The summed E-state index contributed by atoms with van der Waals surface area (Å²) in [5.74, 6) is 0.531. The van der Waals surface area contributed by atoms with E-state index in [1.165, 1.54) is 0 Å². The van der Waals surface area contributed by atoms with Gasteiger partial charge >= 0.3 is 0 Å². The monoisotopic (exact) mass is 314 g/mol. The van der Waals surface area contributed by atoms with Crippen LogP contribution in [0.25, 0.3) is 0 Å². The van der Waals surface area contributed by atoms with E-state index >= 15 is 0 Å². The molecule has 0 unspecified atom stereocenters. The lowest BCUT2D eigenvalue weighted by molar-refractivity contribution is 0.0933. The molecule has 0 spiro atoms. The minimum absolute atomic E-state index is 0.0174. The van der Waals surface area contributed by atoms with Crippen molar-refractivity contribution in [3.63, 3.8) is 0 Å². The van der Waals surface area contributed by atoms with E-state index in [-0.39, 0.29) is 13.2 Å².